The fraction of sp³-hybridized carbons (Fsp3) is 0.725. The molecule has 1 aromatic heterocycles. The smallest absolute Gasteiger partial charge is 0.309 e. The van der Waals surface area contributed by atoms with Crippen LogP contribution in [0.1, 0.15) is 151 Å². The van der Waals surface area contributed by atoms with Gasteiger partial charge in [0.15, 0.2) is 0 Å². The number of amides is 1. The number of aromatic amines is 1. The van der Waals surface area contributed by atoms with Gasteiger partial charge in [0.25, 0.3) is 0 Å². The zero-order valence-corrected chi connectivity index (χ0v) is 37.8. The molecular weight excluding hydrogens is 773 g/mol. The summed E-state index contributed by atoms with van der Waals surface area (Å²) in [5, 5.41) is 9.70. The van der Waals surface area contributed by atoms with Gasteiger partial charge >= 0.3 is 11.9 Å². The Morgan fingerprint density at radius 2 is 1.62 bits per heavy atom. The summed E-state index contributed by atoms with van der Waals surface area (Å²) < 4.78 is 35.0. The van der Waals surface area contributed by atoms with Gasteiger partial charge in [-0.3, -0.25) is 14.4 Å². The minimum atomic E-state index is -0.834. The van der Waals surface area contributed by atoms with E-state index in [1.807, 2.05) is 13.8 Å². The molecule has 2 N–H and O–H groups in total. The van der Waals surface area contributed by atoms with E-state index < -0.39 is 34.4 Å². The lowest BCUT2D eigenvalue weighted by molar-refractivity contribution is -0.251. The first-order valence-corrected chi connectivity index (χ1v) is 23.5. The third-order valence-corrected chi connectivity index (χ3v) is 20.2. The van der Waals surface area contributed by atoms with Crippen LogP contribution in [0.5, 0.6) is 0 Å². The number of aromatic nitrogens is 2. The number of allylic oxidation sites excluding steroid dienone is 1. The second-order valence-electron chi connectivity index (χ2n) is 23.1. The summed E-state index contributed by atoms with van der Waals surface area (Å²) in [5.41, 5.74) is 0.833. The van der Waals surface area contributed by atoms with E-state index in [2.05, 4.69) is 58.0 Å². The fourth-order valence-corrected chi connectivity index (χ4v) is 16.6. The molecule has 2 heterocycles. The minimum Gasteiger partial charge on any atom is -0.481 e. The summed E-state index contributed by atoms with van der Waals surface area (Å²) in [4.78, 5) is 51.2. The van der Waals surface area contributed by atoms with E-state index in [1.54, 1.807) is 6.20 Å². The molecule has 332 valence electrons. The van der Waals surface area contributed by atoms with Crippen LogP contribution in [0.2, 0.25) is 0 Å². The predicted octanol–water partition coefficient (Wildman–Crippen LogP) is 11.3. The van der Waals surface area contributed by atoms with Gasteiger partial charge in [-0.2, -0.15) is 0 Å². The Morgan fingerprint density at radius 3 is 2.31 bits per heavy atom. The van der Waals surface area contributed by atoms with E-state index in [4.69, 9.17) is 9.72 Å². The fourth-order valence-electron chi connectivity index (χ4n) is 16.6. The lowest BCUT2D eigenvalue weighted by atomic mass is 9.32. The number of nitrogens with zero attached hydrogens (tertiary/aromatic N) is 2. The van der Waals surface area contributed by atoms with Crippen molar-refractivity contribution in [2.75, 3.05) is 6.54 Å². The molecule has 1 aliphatic heterocycles. The Kier molecular flexibility index (Phi) is 9.96. The SMILES string of the molecule is C=C(C)C1CC[C@]2(C(=O)N3CCC[C@H]3c3ncc(-c4ccc(F)cc4F)[nH]3)CC[C@]3(C)[C@H](CC[C@@H]4[C@@]5(C)CC[C@H](OC(=O)[C@H]6C[C@@H](C(=O)O)C6(C)C)C(C)(C)[C@@H]5CC[C@]43C)[C@@H]12. The van der Waals surface area contributed by atoms with Crippen molar-refractivity contribution in [3.8, 4) is 11.3 Å². The minimum absolute atomic E-state index is 0.0415. The summed E-state index contributed by atoms with van der Waals surface area (Å²) in [7, 11) is 0. The van der Waals surface area contributed by atoms with Crippen molar-refractivity contribution in [2.45, 2.75) is 151 Å². The third kappa shape index (κ3) is 5.97. The first-order chi connectivity index (χ1) is 28.6. The number of likely N-dealkylation sites (tertiary alicyclic amines) is 1. The number of benzene rings is 1. The van der Waals surface area contributed by atoms with E-state index in [1.165, 1.54) is 17.7 Å². The molecule has 2 aromatic rings. The van der Waals surface area contributed by atoms with Crippen molar-refractivity contribution in [3.05, 3.63) is 54.0 Å². The Hall–Kier alpha value is -3.56. The Morgan fingerprint density at radius 1 is 0.869 bits per heavy atom. The maximum atomic E-state index is 15.5. The number of carbonyl (C=O) groups excluding carboxylic acids is 2. The third-order valence-electron chi connectivity index (χ3n) is 20.2. The molecule has 8 nitrogen and oxygen atoms in total. The molecule has 10 heteroatoms. The molecule has 0 radical (unpaired) electrons. The zero-order chi connectivity index (χ0) is 43.8. The van der Waals surface area contributed by atoms with Crippen LogP contribution in [0.3, 0.4) is 0 Å². The molecule has 61 heavy (non-hydrogen) atoms. The maximum absolute atomic E-state index is 15.5. The number of H-pyrrole nitrogens is 1. The number of halogens is 2. The first kappa shape index (κ1) is 42.7. The zero-order valence-electron chi connectivity index (χ0n) is 37.8. The first-order valence-electron chi connectivity index (χ1n) is 23.5. The predicted molar refractivity (Wildman–Crippen MR) is 229 cm³/mol. The largest absolute Gasteiger partial charge is 0.481 e. The van der Waals surface area contributed by atoms with Crippen molar-refractivity contribution < 1.29 is 33.0 Å². The number of aliphatic carboxylic acids is 1. The highest BCUT2D eigenvalue weighted by Crippen LogP contribution is 2.78. The maximum Gasteiger partial charge on any atom is 0.309 e. The number of carboxylic acids is 1. The lowest BCUT2D eigenvalue weighted by Gasteiger charge is -2.73. The molecule has 1 saturated heterocycles. The van der Waals surface area contributed by atoms with Gasteiger partial charge in [0.05, 0.1) is 35.2 Å². The van der Waals surface area contributed by atoms with Crippen LogP contribution in [-0.4, -0.2) is 50.5 Å². The van der Waals surface area contributed by atoms with Crippen molar-refractivity contribution in [2.24, 2.45) is 73.9 Å². The summed E-state index contributed by atoms with van der Waals surface area (Å²) in [6.45, 7) is 23.6. The van der Waals surface area contributed by atoms with Crippen LogP contribution >= 0.6 is 0 Å². The molecule has 1 amide bonds. The number of hydrogen-bond acceptors (Lipinski definition) is 5. The Balaban J connectivity index is 0.967. The second-order valence-corrected chi connectivity index (χ2v) is 23.1. The second kappa shape index (κ2) is 14.2. The van der Waals surface area contributed by atoms with Gasteiger partial charge in [0, 0.05) is 23.6 Å². The van der Waals surface area contributed by atoms with Crippen LogP contribution in [0.4, 0.5) is 8.78 Å². The highest BCUT2D eigenvalue weighted by Gasteiger charge is 2.72. The number of esters is 1. The molecular formula is C51H69F2N3O5. The molecule has 9 rings (SSSR count). The summed E-state index contributed by atoms with van der Waals surface area (Å²) in [6, 6.07) is 3.35. The van der Waals surface area contributed by atoms with Crippen molar-refractivity contribution in [1.82, 2.24) is 14.9 Å². The van der Waals surface area contributed by atoms with Gasteiger partial charge < -0.3 is 19.7 Å². The van der Waals surface area contributed by atoms with Crippen molar-refractivity contribution in [3.63, 3.8) is 0 Å². The average Bonchev–Trinajstić information content (AvgIpc) is 3.95. The summed E-state index contributed by atoms with van der Waals surface area (Å²) >= 11 is 0. The number of carboxylic acid groups (broad SMARTS) is 1. The molecule has 13 atom stereocenters. The molecule has 7 fully saturated rings. The number of carbonyl (C=O) groups is 3. The summed E-state index contributed by atoms with van der Waals surface area (Å²) in [5.74, 6) is -0.532. The van der Waals surface area contributed by atoms with Crippen LogP contribution in [0.25, 0.3) is 11.3 Å². The standard InChI is InChI=1S/C51H69F2N3O5/c1-28(2)30-16-21-51(45(60)56-24-10-11-37(56)42-54-27-36(55-42)31-13-12-29(52)25-35(31)53)23-22-49(8)32(41(30)51)14-15-39-48(7)19-18-40(47(5,6)38(48)17-20-50(39,49)9)61-44(59)34-26-33(43(57)58)46(34,3)4/h12-13,25,27,30,32-34,37-41H,1,10-11,14-24,26H2,2-9H3,(H,54,55)(H,57,58)/t30?,32-,33+,34-,37+,38+,39-,40+,41-,48+,49-,50-,51+/m1/s1. The Bertz CT molecular complexity index is 2150. The van der Waals surface area contributed by atoms with Crippen LogP contribution in [-0.2, 0) is 19.1 Å². The van der Waals surface area contributed by atoms with E-state index >= 15 is 4.79 Å². The summed E-state index contributed by atoms with van der Waals surface area (Å²) in [6.07, 6.45) is 13.4. The van der Waals surface area contributed by atoms with Crippen molar-refractivity contribution in [1.29, 1.82) is 0 Å². The molecule has 1 aromatic carbocycles. The number of hydrogen-bond donors (Lipinski definition) is 2. The quantitative estimate of drug-likeness (QED) is 0.212. The van der Waals surface area contributed by atoms with E-state index in [9.17, 15) is 23.5 Å². The number of ether oxygens (including phenoxy) is 1. The van der Waals surface area contributed by atoms with E-state index in [0.717, 1.165) is 83.1 Å². The highest BCUT2D eigenvalue weighted by atomic mass is 19.1. The molecule has 6 saturated carbocycles. The molecule has 6 aliphatic carbocycles. The number of imidazole rings is 1. The van der Waals surface area contributed by atoms with Gasteiger partial charge in [-0.25, -0.2) is 13.8 Å². The normalized spacial score (nSPS) is 42.0. The van der Waals surface area contributed by atoms with Gasteiger partial charge in [-0.05, 0) is 154 Å². The van der Waals surface area contributed by atoms with E-state index in [-0.39, 0.29) is 69.0 Å². The van der Waals surface area contributed by atoms with Gasteiger partial charge in [0.2, 0.25) is 5.91 Å². The van der Waals surface area contributed by atoms with Crippen LogP contribution in [0.15, 0.2) is 36.5 Å². The van der Waals surface area contributed by atoms with Gasteiger partial charge in [-0.15, -0.1) is 0 Å². The van der Waals surface area contributed by atoms with Gasteiger partial charge in [-0.1, -0.05) is 60.6 Å². The van der Waals surface area contributed by atoms with Crippen LogP contribution < -0.4 is 0 Å². The number of rotatable bonds is 7. The molecule has 7 aliphatic rings. The Labute approximate surface area is 361 Å². The molecule has 0 spiro atoms. The van der Waals surface area contributed by atoms with Crippen LogP contribution in [0, 0.1) is 85.5 Å². The lowest BCUT2D eigenvalue weighted by Crippen LogP contribution is -2.67. The van der Waals surface area contributed by atoms with Gasteiger partial charge in [0.1, 0.15) is 23.6 Å². The molecule has 0 bridgehead atoms. The van der Waals surface area contributed by atoms with E-state index in [0.29, 0.717) is 42.2 Å². The number of nitrogens with one attached hydrogen (secondary N) is 1. The number of fused-ring (bicyclic) bond motifs is 7. The monoisotopic (exact) mass is 842 g/mol. The highest BCUT2D eigenvalue weighted by molar-refractivity contribution is 5.85. The van der Waals surface area contributed by atoms with Crippen molar-refractivity contribution >= 4 is 17.8 Å². The molecule has 1 unspecified atom stereocenters. The average molecular weight is 842 g/mol. The topological polar surface area (TPSA) is 113 Å².